The van der Waals surface area contributed by atoms with Crippen LogP contribution in [0.4, 0.5) is 5.69 Å². The molecule has 0 bridgehead atoms. The van der Waals surface area contributed by atoms with Gasteiger partial charge >= 0.3 is 5.63 Å². The molecule has 94 valence electrons. The van der Waals surface area contributed by atoms with E-state index in [1.807, 2.05) is 6.07 Å². The van der Waals surface area contributed by atoms with Gasteiger partial charge in [0.2, 0.25) is 5.91 Å². The van der Waals surface area contributed by atoms with Crippen LogP contribution in [0.5, 0.6) is 0 Å². The molecule has 3 N–H and O–H groups in total. The number of carbonyl (C=O) groups is 1. The summed E-state index contributed by atoms with van der Waals surface area (Å²) in [7, 11) is 0. The molecular weight excluding hydrogens is 232 g/mol. The summed E-state index contributed by atoms with van der Waals surface area (Å²) < 4.78 is 5.09. The van der Waals surface area contributed by atoms with E-state index in [2.05, 4.69) is 5.32 Å². The molecule has 0 saturated carbocycles. The van der Waals surface area contributed by atoms with E-state index in [4.69, 9.17) is 10.2 Å². The van der Waals surface area contributed by atoms with Gasteiger partial charge in [0.1, 0.15) is 5.58 Å². The quantitative estimate of drug-likeness (QED) is 0.626. The molecule has 0 aliphatic rings. The van der Waals surface area contributed by atoms with Gasteiger partial charge in [0, 0.05) is 36.7 Å². The van der Waals surface area contributed by atoms with Crippen molar-refractivity contribution in [3.63, 3.8) is 0 Å². The number of nitrogens with two attached hydrogens (primary N) is 1. The molecule has 1 aromatic heterocycles. The van der Waals surface area contributed by atoms with Crippen LogP contribution in [-0.2, 0) is 11.2 Å². The van der Waals surface area contributed by atoms with E-state index in [0.717, 1.165) is 10.9 Å². The second-order valence-corrected chi connectivity index (χ2v) is 4.08. The lowest BCUT2D eigenvalue weighted by Crippen LogP contribution is -2.22. The minimum atomic E-state index is -0.411. The summed E-state index contributed by atoms with van der Waals surface area (Å²) >= 11 is 0. The molecule has 0 unspecified atom stereocenters. The Bertz CT molecular complexity index is 646. The Morgan fingerprint density at radius 2 is 2.17 bits per heavy atom. The van der Waals surface area contributed by atoms with Gasteiger partial charge in [-0.15, -0.1) is 0 Å². The summed E-state index contributed by atoms with van der Waals surface area (Å²) in [5, 5.41) is 3.54. The van der Waals surface area contributed by atoms with Crippen LogP contribution in [0.1, 0.15) is 12.5 Å². The molecule has 2 aromatic rings. The number of fused-ring (bicyclic) bond motifs is 1. The molecule has 1 amide bonds. The molecule has 0 fully saturated rings. The zero-order chi connectivity index (χ0) is 13.1. The standard InChI is InChI=1S/C13H14N2O3/c1-8(16)15-5-4-9-6-13(17)18-12-7-10(14)2-3-11(9)12/h2-3,6-7H,4-5,14H2,1H3,(H,15,16). The molecule has 0 radical (unpaired) electrons. The molecule has 0 aliphatic carbocycles. The summed E-state index contributed by atoms with van der Waals surface area (Å²) in [6.07, 6.45) is 0.575. The highest BCUT2D eigenvalue weighted by molar-refractivity contribution is 5.83. The summed E-state index contributed by atoms with van der Waals surface area (Å²) in [4.78, 5) is 22.2. The molecule has 5 nitrogen and oxygen atoms in total. The van der Waals surface area contributed by atoms with Crippen molar-refractivity contribution in [2.75, 3.05) is 12.3 Å². The summed E-state index contributed by atoms with van der Waals surface area (Å²) in [5.74, 6) is -0.0912. The Balaban J connectivity index is 2.37. The van der Waals surface area contributed by atoms with Crippen LogP contribution in [0.2, 0.25) is 0 Å². The first-order chi connectivity index (χ1) is 8.56. The van der Waals surface area contributed by atoms with Crippen LogP contribution in [0.25, 0.3) is 11.0 Å². The fraction of sp³-hybridized carbons (Fsp3) is 0.231. The van der Waals surface area contributed by atoms with Crippen LogP contribution in [0.15, 0.2) is 33.5 Å². The Hall–Kier alpha value is -2.30. The SMILES string of the molecule is CC(=O)NCCc1cc(=O)oc2cc(N)ccc12. The Morgan fingerprint density at radius 1 is 1.39 bits per heavy atom. The second-order valence-electron chi connectivity index (χ2n) is 4.08. The third kappa shape index (κ3) is 2.68. The summed E-state index contributed by atoms with van der Waals surface area (Å²) in [6, 6.07) is 6.64. The van der Waals surface area contributed by atoms with Crippen molar-refractivity contribution in [3.05, 3.63) is 40.2 Å². The third-order valence-electron chi connectivity index (χ3n) is 2.62. The van der Waals surface area contributed by atoms with E-state index >= 15 is 0 Å². The van der Waals surface area contributed by atoms with Gasteiger partial charge < -0.3 is 15.5 Å². The van der Waals surface area contributed by atoms with Crippen LogP contribution in [0.3, 0.4) is 0 Å². The number of hydrogen-bond donors (Lipinski definition) is 2. The number of benzene rings is 1. The molecule has 0 saturated heterocycles. The van der Waals surface area contributed by atoms with Crippen LogP contribution in [-0.4, -0.2) is 12.5 Å². The highest BCUT2D eigenvalue weighted by atomic mass is 16.4. The van der Waals surface area contributed by atoms with Gasteiger partial charge in [-0.25, -0.2) is 4.79 Å². The van der Waals surface area contributed by atoms with Crippen molar-refractivity contribution in [1.29, 1.82) is 0 Å². The van der Waals surface area contributed by atoms with E-state index in [9.17, 15) is 9.59 Å². The van der Waals surface area contributed by atoms with Gasteiger partial charge in [-0.05, 0) is 24.1 Å². The van der Waals surface area contributed by atoms with Crippen molar-refractivity contribution >= 4 is 22.6 Å². The Labute approximate surface area is 104 Å². The maximum absolute atomic E-state index is 11.4. The zero-order valence-electron chi connectivity index (χ0n) is 10.0. The van der Waals surface area contributed by atoms with E-state index in [1.54, 1.807) is 12.1 Å². The largest absolute Gasteiger partial charge is 0.423 e. The maximum Gasteiger partial charge on any atom is 0.336 e. The summed E-state index contributed by atoms with van der Waals surface area (Å²) in [5.41, 5.74) is 7.09. The van der Waals surface area contributed by atoms with E-state index < -0.39 is 5.63 Å². The van der Waals surface area contributed by atoms with Crippen molar-refractivity contribution in [1.82, 2.24) is 5.32 Å². The number of nitrogens with one attached hydrogen (secondary N) is 1. The lowest BCUT2D eigenvalue weighted by molar-refractivity contribution is -0.118. The van der Waals surface area contributed by atoms with E-state index in [-0.39, 0.29) is 5.91 Å². The monoisotopic (exact) mass is 246 g/mol. The van der Waals surface area contributed by atoms with Crippen molar-refractivity contribution in [2.24, 2.45) is 0 Å². The highest BCUT2D eigenvalue weighted by Gasteiger charge is 2.06. The highest BCUT2D eigenvalue weighted by Crippen LogP contribution is 2.19. The van der Waals surface area contributed by atoms with Gasteiger partial charge in [0.05, 0.1) is 0 Å². The predicted octanol–water partition coefficient (Wildman–Crippen LogP) is 1.05. The average molecular weight is 246 g/mol. The molecule has 0 spiro atoms. The minimum absolute atomic E-state index is 0.0912. The smallest absolute Gasteiger partial charge is 0.336 e. The molecule has 2 rings (SSSR count). The zero-order valence-corrected chi connectivity index (χ0v) is 10.0. The van der Waals surface area contributed by atoms with Crippen molar-refractivity contribution in [3.8, 4) is 0 Å². The number of rotatable bonds is 3. The van der Waals surface area contributed by atoms with Crippen LogP contribution >= 0.6 is 0 Å². The normalized spacial score (nSPS) is 10.5. The lowest BCUT2D eigenvalue weighted by Gasteiger charge is -2.06. The number of anilines is 1. The Kier molecular flexibility index (Phi) is 3.32. The van der Waals surface area contributed by atoms with E-state index in [1.165, 1.54) is 13.0 Å². The van der Waals surface area contributed by atoms with Crippen molar-refractivity contribution < 1.29 is 9.21 Å². The lowest BCUT2D eigenvalue weighted by atomic mass is 10.1. The fourth-order valence-electron chi connectivity index (χ4n) is 1.83. The topological polar surface area (TPSA) is 85.3 Å². The van der Waals surface area contributed by atoms with Gasteiger partial charge in [-0.1, -0.05) is 0 Å². The number of carbonyl (C=O) groups excluding carboxylic acids is 1. The second kappa shape index (κ2) is 4.91. The number of nitrogen functional groups attached to an aromatic ring is 1. The number of hydrogen-bond acceptors (Lipinski definition) is 4. The van der Waals surface area contributed by atoms with E-state index in [0.29, 0.717) is 24.2 Å². The minimum Gasteiger partial charge on any atom is -0.423 e. The number of amides is 1. The third-order valence-corrected chi connectivity index (χ3v) is 2.62. The van der Waals surface area contributed by atoms with Gasteiger partial charge in [-0.2, -0.15) is 0 Å². The molecule has 18 heavy (non-hydrogen) atoms. The van der Waals surface area contributed by atoms with Crippen LogP contribution in [0, 0.1) is 0 Å². The molecule has 1 aromatic carbocycles. The molecular formula is C13H14N2O3. The fourth-order valence-corrected chi connectivity index (χ4v) is 1.83. The van der Waals surface area contributed by atoms with Crippen molar-refractivity contribution in [2.45, 2.75) is 13.3 Å². The van der Waals surface area contributed by atoms with Gasteiger partial charge in [0.25, 0.3) is 0 Å². The first-order valence-corrected chi connectivity index (χ1v) is 5.63. The predicted molar refractivity (Wildman–Crippen MR) is 69.3 cm³/mol. The first-order valence-electron chi connectivity index (χ1n) is 5.63. The molecule has 0 atom stereocenters. The van der Waals surface area contributed by atoms with Crippen LogP contribution < -0.4 is 16.7 Å². The van der Waals surface area contributed by atoms with Gasteiger partial charge in [-0.3, -0.25) is 4.79 Å². The maximum atomic E-state index is 11.4. The average Bonchev–Trinajstić information content (AvgIpc) is 2.27. The molecule has 5 heteroatoms. The van der Waals surface area contributed by atoms with Gasteiger partial charge in [0.15, 0.2) is 0 Å². The first kappa shape index (κ1) is 12.2. The Morgan fingerprint density at radius 3 is 2.89 bits per heavy atom. The molecule has 0 aliphatic heterocycles. The molecule has 1 heterocycles. The summed E-state index contributed by atoms with van der Waals surface area (Å²) in [6.45, 7) is 1.94.